The number of benzene rings is 10. The van der Waals surface area contributed by atoms with Gasteiger partial charge < -0.3 is 0 Å². The quantitative estimate of drug-likeness (QED) is 0.156. The van der Waals surface area contributed by atoms with Gasteiger partial charge in [-0.3, -0.25) is 0 Å². The molecule has 22 unspecified atom stereocenters. The highest BCUT2D eigenvalue weighted by molar-refractivity contribution is 8.00. The molecular weight excluding hydrogens is 897 g/mol. The number of thioether (sulfide) groups is 1. The Morgan fingerprint density at radius 1 is 0.315 bits per heavy atom. The van der Waals surface area contributed by atoms with Gasteiger partial charge in [-0.25, -0.2) is 0 Å². The van der Waals surface area contributed by atoms with Crippen LogP contribution in [-0.4, -0.2) is 0 Å². The van der Waals surface area contributed by atoms with Crippen molar-refractivity contribution in [1.82, 2.24) is 0 Å². The van der Waals surface area contributed by atoms with E-state index in [4.69, 9.17) is 0 Å². The molecule has 0 saturated heterocycles. The molecule has 1 saturated carbocycles. The van der Waals surface area contributed by atoms with Crippen LogP contribution in [-0.2, 0) is 10.2 Å². The third kappa shape index (κ3) is 1.72. The highest BCUT2D eigenvalue weighted by Crippen LogP contribution is 3.01. The van der Waals surface area contributed by atoms with Crippen molar-refractivity contribution in [2.75, 3.05) is 0 Å². The Morgan fingerprint density at radius 2 is 0.630 bits per heavy atom. The number of fused-ring (bicyclic) bond motifs is 1. The van der Waals surface area contributed by atoms with Crippen LogP contribution >= 0.6 is 11.8 Å². The minimum Gasteiger partial charge on any atom is -0.112 e. The summed E-state index contributed by atoms with van der Waals surface area (Å²) in [6.45, 7) is 10.3. The van der Waals surface area contributed by atoms with Crippen molar-refractivity contribution in [2.24, 2.45) is 11.8 Å². The Labute approximate surface area is 419 Å². The van der Waals surface area contributed by atoms with Gasteiger partial charge in [-0.05, 0) is 355 Å². The van der Waals surface area contributed by atoms with Crippen LogP contribution in [0.3, 0.4) is 0 Å². The molecule has 11 aromatic carbocycles. The summed E-state index contributed by atoms with van der Waals surface area (Å²) in [5.74, 6) is 14.3. The summed E-state index contributed by atoms with van der Waals surface area (Å²) in [5, 5.41) is 30.8. The Hall–Kier alpha value is -5.37. The number of rotatable bonds is 2. The van der Waals surface area contributed by atoms with Crippen LogP contribution in [0.2, 0.25) is 0 Å². The summed E-state index contributed by atoms with van der Waals surface area (Å²) in [6.07, 6.45) is 0. The zero-order valence-electron chi connectivity index (χ0n) is 40.3. The molecule has 1 aliphatic heterocycles. The second-order valence-corrected chi connectivity index (χ2v) is 32.7. The lowest BCUT2D eigenvalue weighted by Gasteiger charge is -2.65. The third-order valence-corrected chi connectivity index (χ3v) is 33.4. The molecule has 0 radical (unpaired) electrons. The summed E-state index contributed by atoms with van der Waals surface area (Å²) in [7, 11) is 0. The van der Waals surface area contributed by atoms with Crippen LogP contribution in [0.15, 0.2) is 17.0 Å². The highest BCUT2D eigenvalue weighted by atomic mass is 32.2. The fourth-order valence-electron chi connectivity index (χ4n) is 32.7. The van der Waals surface area contributed by atoms with Crippen molar-refractivity contribution in [3.05, 3.63) is 140 Å². The van der Waals surface area contributed by atoms with Crippen LogP contribution < -0.4 is 0 Å². The maximum atomic E-state index is 3.01. The zero-order valence-corrected chi connectivity index (χ0v) is 41.1. The molecule has 0 amide bonds. The Morgan fingerprint density at radius 3 is 1.05 bits per heavy atom. The lowest BCUT2D eigenvalue weighted by atomic mass is 9.39. The van der Waals surface area contributed by atoms with Gasteiger partial charge in [0.25, 0.3) is 0 Å². The first-order valence-electron chi connectivity index (χ1n) is 30.1. The summed E-state index contributed by atoms with van der Waals surface area (Å²) < 4.78 is 0.0438. The first-order chi connectivity index (χ1) is 36.1. The molecular formula is C72H36S. The maximum Gasteiger partial charge on any atom is 0.0645 e. The van der Waals surface area contributed by atoms with Gasteiger partial charge in [0.15, 0.2) is 0 Å². The van der Waals surface area contributed by atoms with Gasteiger partial charge in [-0.1, -0.05) is 39.8 Å². The molecule has 34 rings (SSSR count). The molecule has 2 spiro atoms. The summed E-state index contributed by atoms with van der Waals surface area (Å²) in [4.78, 5) is 1.81. The second-order valence-electron chi connectivity index (χ2n) is 31.4. The molecule has 22 atom stereocenters. The van der Waals surface area contributed by atoms with E-state index in [0.717, 1.165) is 0 Å². The van der Waals surface area contributed by atoms with Gasteiger partial charge >= 0.3 is 0 Å². The molecule has 330 valence electrons. The van der Waals surface area contributed by atoms with Gasteiger partial charge in [0, 0.05) is 10.3 Å². The summed E-state index contributed by atoms with van der Waals surface area (Å²) >= 11 is 2.63. The van der Waals surface area contributed by atoms with Crippen LogP contribution in [0, 0.1) is 11.8 Å². The fraction of sp³-hybridized carbons (Fsp3) is 0.389. The Balaban J connectivity index is 1.00. The van der Waals surface area contributed by atoms with Crippen molar-refractivity contribution in [2.45, 2.75) is 161 Å². The predicted molar refractivity (Wildman–Crippen MR) is 285 cm³/mol. The lowest BCUT2D eigenvalue weighted by molar-refractivity contribution is 0.0341. The maximum absolute atomic E-state index is 3.01. The van der Waals surface area contributed by atoms with Gasteiger partial charge in [0.2, 0.25) is 0 Å². The van der Waals surface area contributed by atoms with E-state index in [1.165, 1.54) is 0 Å². The lowest BCUT2D eigenvalue weighted by Crippen LogP contribution is -2.62. The van der Waals surface area contributed by atoms with E-state index in [-0.39, 0.29) is 10.2 Å². The van der Waals surface area contributed by atoms with Crippen molar-refractivity contribution in [3.63, 3.8) is 0 Å². The topological polar surface area (TPSA) is 0 Å². The monoisotopic (exact) mass is 932 g/mol. The standard InChI is InChI=1S/C72H36S/c1-7(2)9-5-10(8(3)4)70-11(6-9)71-66-58-50-40-30-22-14-12-13-16-20-18(14)26-34-28(20)38-32-24(16)25-17(13)21-19-15(12)23(22)31-37-27(19)35-29(21)39-33(25)43-42(32)54-48(38)56-46(34)52(44(50)36(26)30)60(66)62(56)68-64(54)65-55(43)49(39)57-47(35)53-45(37)51(41(31)40)59(58)67(71)61(53)63(57)69(65)72(68,71)73-70/h5-8,14,16,18,20,22,24,30,32,40-43,51,55,59,61,63,65,67,69H,1-4H3. The first-order valence-corrected chi connectivity index (χ1v) is 31.0. The van der Waals surface area contributed by atoms with E-state index in [1.54, 1.807) is 16.0 Å². The molecule has 73 heavy (non-hydrogen) atoms. The van der Waals surface area contributed by atoms with Crippen LogP contribution in [0.25, 0.3) is 97.3 Å². The molecule has 22 aliphatic carbocycles. The van der Waals surface area contributed by atoms with Gasteiger partial charge in [-0.2, -0.15) is 0 Å². The summed E-state index contributed by atoms with van der Waals surface area (Å²) in [6, 6.07) is 5.80. The summed E-state index contributed by atoms with van der Waals surface area (Å²) in [5.41, 5.74) is 50.0. The molecule has 0 bridgehead atoms. The van der Waals surface area contributed by atoms with E-state index in [9.17, 15) is 0 Å². The first kappa shape index (κ1) is 30.2. The molecule has 1 fully saturated rings. The Bertz CT molecular complexity index is 5600. The SMILES string of the molecule is CC(C)c1cc(C(C)C)c2c(c1)C13c4c5c6c7c8c9c%10c%11c%12c%13c%14c%15c(c%16c%13c%10c7c4-%16)C1(S2)C1C%15C2c4c7c%10c%13c%15c%16c%17c%18c%19c%20c%21c%22c%23c(c4c4c%22c%19c%16c%104)C2C%14C%12C%23C%21C%11C9C%20C%18C8C6C%17C%15C5C3C%13C71. The predicted octanol–water partition coefficient (Wildman–Crippen LogP) is 16.7. The third-order valence-electron chi connectivity index (χ3n) is 31.6. The smallest absolute Gasteiger partial charge is 0.0645 e. The zero-order chi connectivity index (χ0) is 44.1. The molecule has 1 heteroatoms. The molecule has 0 aromatic heterocycles. The number of hydrogen-bond donors (Lipinski definition) is 0. The van der Waals surface area contributed by atoms with Gasteiger partial charge in [0.1, 0.15) is 0 Å². The fourth-order valence-corrected chi connectivity index (χ4v) is 35.0. The van der Waals surface area contributed by atoms with E-state index in [1.807, 2.05) is 203 Å². The van der Waals surface area contributed by atoms with Gasteiger partial charge in [-0.15, -0.1) is 11.8 Å². The largest absolute Gasteiger partial charge is 0.112 e. The van der Waals surface area contributed by atoms with Crippen molar-refractivity contribution >= 4 is 97.9 Å². The number of hydrogen-bond acceptors (Lipinski definition) is 1. The van der Waals surface area contributed by atoms with Crippen LogP contribution in [0.1, 0.15) is 274 Å². The normalized spacial score (nSPS) is 46.7. The second kappa shape index (κ2) is 7.06. The average molecular weight is 933 g/mol. The molecule has 0 nitrogen and oxygen atoms in total. The Kier molecular flexibility index (Phi) is 2.93. The minimum atomic E-state index is 0.00901. The van der Waals surface area contributed by atoms with E-state index in [2.05, 4.69) is 62.7 Å². The molecule has 11 aromatic rings. The molecule has 0 N–H and O–H groups in total. The van der Waals surface area contributed by atoms with Crippen molar-refractivity contribution < 1.29 is 0 Å². The average Bonchev–Trinajstić information content (AvgIpc) is 3.77. The van der Waals surface area contributed by atoms with E-state index < -0.39 is 0 Å². The van der Waals surface area contributed by atoms with E-state index in [0.29, 0.717) is 130 Å². The van der Waals surface area contributed by atoms with Crippen LogP contribution in [0.5, 0.6) is 0 Å². The van der Waals surface area contributed by atoms with Gasteiger partial charge in [0.05, 0.1) is 4.75 Å². The minimum absolute atomic E-state index is 0.00901. The highest BCUT2D eigenvalue weighted by Gasteiger charge is 2.89. The molecule has 1 heterocycles. The van der Waals surface area contributed by atoms with Crippen molar-refractivity contribution in [1.29, 1.82) is 0 Å². The van der Waals surface area contributed by atoms with E-state index >= 15 is 0 Å². The van der Waals surface area contributed by atoms with Crippen LogP contribution in [0.4, 0.5) is 0 Å². The van der Waals surface area contributed by atoms with Crippen molar-refractivity contribution in [3.8, 4) is 11.1 Å². The molecule has 23 aliphatic rings.